The first-order valence-corrected chi connectivity index (χ1v) is 11.2. The van der Waals surface area contributed by atoms with Crippen LogP contribution in [0.5, 0.6) is 0 Å². The number of nitrogens with zero attached hydrogens (tertiary/aromatic N) is 4. The molecule has 2 aromatic heterocycles. The molecule has 1 aliphatic rings. The van der Waals surface area contributed by atoms with E-state index in [1.807, 2.05) is 17.9 Å². The third-order valence-corrected chi connectivity index (χ3v) is 5.70. The summed E-state index contributed by atoms with van der Waals surface area (Å²) in [6, 6.07) is 9.83. The Kier molecular flexibility index (Phi) is 6.91. The van der Waals surface area contributed by atoms with Crippen molar-refractivity contribution in [2.75, 3.05) is 28.6 Å². The molecule has 0 radical (unpaired) electrons. The van der Waals surface area contributed by atoms with Gasteiger partial charge in [-0.2, -0.15) is 18.3 Å². The lowest BCUT2D eigenvalue weighted by Gasteiger charge is -2.18. The third-order valence-electron chi connectivity index (χ3n) is 4.82. The van der Waals surface area contributed by atoms with Crippen molar-refractivity contribution < 1.29 is 22.4 Å². The van der Waals surface area contributed by atoms with Gasteiger partial charge in [-0.1, -0.05) is 0 Å². The zero-order chi connectivity index (χ0) is 24.3. The molecule has 1 amide bonds. The van der Waals surface area contributed by atoms with Crippen molar-refractivity contribution in [3.8, 4) is 0 Å². The van der Waals surface area contributed by atoms with Crippen LogP contribution >= 0.6 is 11.8 Å². The lowest BCUT2D eigenvalue weighted by atomic mass is 10.3. The van der Waals surface area contributed by atoms with Gasteiger partial charge in [0.2, 0.25) is 5.91 Å². The highest BCUT2D eigenvalue weighted by atomic mass is 32.2. The molecule has 1 aliphatic heterocycles. The highest BCUT2D eigenvalue weighted by molar-refractivity contribution is 7.99. The molecule has 3 aromatic rings. The number of carbonyl (C=O) groups is 1. The topological polar surface area (TPSA) is 98.8 Å². The molecule has 180 valence electrons. The van der Waals surface area contributed by atoms with Crippen LogP contribution in [0.3, 0.4) is 0 Å². The molecule has 0 aliphatic carbocycles. The smallest absolute Gasteiger partial charge is 0.353 e. The Morgan fingerprint density at radius 3 is 2.62 bits per heavy atom. The average molecular weight is 496 g/mol. The van der Waals surface area contributed by atoms with Crippen molar-refractivity contribution in [3.63, 3.8) is 0 Å². The zero-order valence-electron chi connectivity index (χ0n) is 18.0. The van der Waals surface area contributed by atoms with Gasteiger partial charge in [-0.25, -0.2) is 14.4 Å². The van der Waals surface area contributed by atoms with E-state index >= 15 is 0 Å². The number of amides is 1. The predicted octanol–water partition coefficient (Wildman–Crippen LogP) is 4.84. The molecule has 3 N–H and O–H groups in total. The maximum atomic E-state index is 13.8. The van der Waals surface area contributed by atoms with Gasteiger partial charge in [0, 0.05) is 29.3 Å². The number of alkyl halides is 4. The molecule has 0 spiro atoms. The Morgan fingerprint density at radius 2 is 2.00 bits per heavy atom. The molecular weight excluding hydrogens is 474 g/mol. The largest absolute Gasteiger partial charge is 0.397 e. The van der Waals surface area contributed by atoms with E-state index in [1.54, 1.807) is 18.2 Å². The van der Waals surface area contributed by atoms with E-state index < -0.39 is 24.7 Å². The number of aryl methyl sites for hydroxylation is 1. The van der Waals surface area contributed by atoms with E-state index in [-0.39, 0.29) is 12.2 Å². The molecule has 1 fully saturated rings. The summed E-state index contributed by atoms with van der Waals surface area (Å²) in [5, 5.41) is 12.7. The molecule has 3 heterocycles. The van der Waals surface area contributed by atoms with Crippen LogP contribution in [-0.2, 0) is 4.79 Å². The monoisotopic (exact) mass is 495 g/mol. The summed E-state index contributed by atoms with van der Waals surface area (Å²) in [5.41, 5.74) is 1.05. The van der Waals surface area contributed by atoms with Crippen molar-refractivity contribution in [1.82, 2.24) is 20.2 Å². The Labute approximate surface area is 196 Å². The molecule has 1 aromatic carbocycles. The molecule has 1 saturated heterocycles. The number of benzene rings is 1. The fourth-order valence-electron chi connectivity index (χ4n) is 3.33. The number of nitrogens with one attached hydrogen (secondary N) is 3. The second-order valence-corrected chi connectivity index (χ2v) is 8.78. The van der Waals surface area contributed by atoms with Gasteiger partial charge in [0.15, 0.2) is 5.16 Å². The van der Waals surface area contributed by atoms with E-state index in [2.05, 4.69) is 30.8 Å². The SMILES string of the molecule is Cc1cc(Nc2cc(N3CCC(F)C3)nc(Sc3ccc(NC(=O)CC(F)(F)F)cc3)n2)[nH]n1. The molecule has 13 heteroatoms. The first-order valence-electron chi connectivity index (χ1n) is 10.3. The summed E-state index contributed by atoms with van der Waals surface area (Å²) in [4.78, 5) is 23.1. The number of rotatable bonds is 7. The van der Waals surface area contributed by atoms with Crippen LogP contribution in [0.25, 0.3) is 0 Å². The molecule has 0 saturated carbocycles. The molecule has 34 heavy (non-hydrogen) atoms. The van der Waals surface area contributed by atoms with E-state index in [4.69, 9.17) is 0 Å². The molecule has 1 atom stereocenters. The number of hydrogen-bond acceptors (Lipinski definition) is 7. The number of aromatic nitrogens is 4. The van der Waals surface area contributed by atoms with Gasteiger partial charge in [0.05, 0.1) is 12.2 Å². The van der Waals surface area contributed by atoms with Gasteiger partial charge in [-0.3, -0.25) is 9.89 Å². The Morgan fingerprint density at radius 1 is 1.24 bits per heavy atom. The van der Waals surface area contributed by atoms with Crippen LogP contribution in [-0.4, -0.2) is 51.5 Å². The number of halogens is 4. The molecule has 1 unspecified atom stereocenters. The minimum atomic E-state index is -4.57. The van der Waals surface area contributed by atoms with Crippen LogP contribution in [0.4, 0.5) is 40.7 Å². The normalized spacial score (nSPS) is 16.0. The quantitative estimate of drug-likeness (QED) is 0.319. The van der Waals surface area contributed by atoms with Crippen LogP contribution in [0.15, 0.2) is 46.5 Å². The minimum absolute atomic E-state index is 0.246. The molecule has 4 rings (SSSR count). The second kappa shape index (κ2) is 9.87. The van der Waals surface area contributed by atoms with E-state index in [0.29, 0.717) is 40.5 Å². The third kappa shape index (κ3) is 6.59. The van der Waals surface area contributed by atoms with Crippen molar-refractivity contribution in [2.24, 2.45) is 0 Å². The summed E-state index contributed by atoms with van der Waals surface area (Å²) < 4.78 is 50.8. The van der Waals surface area contributed by atoms with Crippen molar-refractivity contribution in [1.29, 1.82) is 0 Å². The number of hydrogen-bond donors (Lipinski definition) is 3. The number of aromatic amines is 1. The van der Waals surface area contributed by atoms with Gasteiger partial charge in [0.25, 0.3) is 0 Å². The minimum Gasteiger partial charge on any atom is -0.353 e. The van der Waals surface area contributed by atoms with E-state index in [9.17, 15) is 22.4 Å². The summed E-state index contributed by atoms with van der Waals surface area (Å²) in [6.45, 7) is 2.63. The highest BCUT2D eigenvalue weighted by Gasteiger charge is 2.31. The number of H-pyrrole nitrogens is 1. The van der Waals surface area contributed by atoms with Gasteiger partial charge < -0.3 is 15.5 Å². The standard InChI is InChI=1S/C21H21F4N7OS/c1-12-8-17(31-30-12)27-16-9-18(32-7-6-13(22)11-32)29-20(28-16)34-15-4-2-14(3-5-15)26-19(33)10-21(23,24)25/h2-5,8-9,13H,6-7,10-11H2,1H3,(H,26,33)(H2,27,28,29,30,31). The fourth-order valence-corrected chi connectivity index (χ4v) is 4.10. The van der Waals surface area contributed by atoms with Gasteiger partial charge in [0.1, 0.15) is 30.0 Å². The lowest BCUT2D eigenvalue weighted by Crippen LogP contribution is -2.21. The van der Waals surface area contributed by atoms with Gasteiger partial charge in [-0.15, -0.1) is 0 Å². The summed E-state index contributed by atoms with van der Waals surface area (Å²) in [5.74, 6) is 0.578. The first kappa shape index (κ1) is 23.8. The lowest BCUT2D eigenvalue weighted by molar-refractivity contribution is -0.150. The Bertz CT molecular complexity index is 1150. The van der Waals surface area contributed by atoms with Gasteiger partial charge >= 0.3 is 6.18 Å². The van der Waals surface area contributed by atoms with E-state index in [1.165, 1.54) is 23.9 Å². The zero-order valence-corrected chi connectivity index (χ0v) is 18.8. The predicted molar refractivity (Wildman–Crippen MR) is 120 cm³/mol. The maximum Gasteiger partial charge on any atom is 0.397 e. The Hall–Kier alpha value is -3.35. The van der Waals surface area contributed by atoms with Crippen molar-refractivity contribution in [3.05, 3.63) is 42.1 Å². The maximum absolute atomic E-state index is 13.8. The molecule has 8 nitrogen and oxygen atoms in total. The van der Waals surface area contributed by atoms with Crippen LogP contribution in [0.1, 0.15) is 18.5 Å². The summed E-state index contributed by atoms with van der Waals surface area (Å²) in [6.07, 6.45) is -6.61. The summed E-state index contributed by atoms with van der Waals surface area (Å²) in [7, 11) is 0. The summed E-state index contributed by atoms with van der Waals surface area (Å²) >= 11 is 1.23. The van der Waals surface area contributed by atoms with Crippen molar-refractivity contribution in [2.45, 2.75) is 42.2 Å². The number of anilines is 4. The van der Waals surface area contributed by atoms with Gasteiger partial charge in [-0.05, 0) is 49.4 Å². The molecular formula is C21H21F4N7OS. The van der Waals surface area contributed by atoms with Crippen molar-refractivity contribution >= 4 is 40.8 Å². The van der Waals surface area contributed by atoms with E-state index in [0.717, 1.165) is 5.69 Å². The first-order chi connectivity index (χ1) is 16.1. The fraction of sp³-hybridized carbons (Fsp3) is 0.333. The highest BCUT2D eigenvalue weighted by Crippen LogP contribution is 2.31. The second-order valence-electron chi connectivity index (χ2n) is 7.74. The van der Waals surface area contributed by atoms with Crippen LogP contribution < -0.4 is 15.5 Å². The van der Waals surface area contributed by atoms with Crippen LogP contribution in [0, 0.1) is 6.92 Å². The number of carbonyl (C=O) groups excluding carboxylic acids is 1. The molecule has 0 bridgehead atoms. The average Bonchev–Trinajstić information content (AvgIpc) is 3.36. The Balaban J connectivity index is 1.50. The van der Waals surface area contributed by atoms with Crippen LogP contribution in [0.2, 0.25) is 0 Å².